The van der Waals surface area contributed by atoms with Crippen LogP contribution in [0.15, 0.2) is 36.5 Å². The Kier molecular flexibility index (Phi) is 4.60. The van der Waals surface area contributed by atoms with Crippen LogP contribution in [0, 0.1) is 27.2 Å². The van der Waals surface area contributed by atoms with E-state index in [1.165, 1.54) is 31.2 Å². The maximum Gasteiger partial charge on any atom is 0.290 e. The van der Waals surface area contributed by atoms with Crippen molar-refractivity contribution in [3.05, 3.63) is 67.9 Å². The number of para-hydroxylation sites is 1. The molecule has 2 aromatic rings. The quantitative estimate of drug-likeness (QED) is 0.666. The van der Waals surface area contributed by atoms with Crippen LogP contribution in [0.25, 0.3) is 0 Å². The average molecular weight is 316 g/mol. The van der Waals surface area contributed by atoms with Crippen molar-refractivity contribution < 1.29 is 14.6 Å². The molecule has 2 rings (SSSR count). The highest BCUT2D eigenvalue weighted by atomic mass is 16.6. The van der Waals surface area contributed by atoms with E-state index in [1.54, 1.807) is 6.07 Å². The van der Waals surface area contributed by atoms with Gasteiger partial charge in [0.05, 0.1) is 16.3 Å². The fourth-order valence-corrected chi connectivity index (χ4v) is 2.01. The Balaban J connectivity index is 2.13. The highest BCUT2D eigenvalue weighted by Gasteiger charge is 2.17. The molecule has 23 heavy (non-hydrogen) atoms. The number of carbonyl (C=O) groups excluding carboxylic acids is 1. The molecule has 1 heterocycles. The number of benzene rings is 1. The Morgan fingerprint density at radius 2 is 1.83 bits per heavy atom. The number of carbonyl (C=O) groups is 1. The molecule has 118 valence electrons. The highest BCUT2D eigenvalue weighted by Crippen LogP contribution is 2.20. The number of nitrogens with one attached hydrogen (secondary N) is 1. The van der Waals surface area contributed by atoms with Gasteiger partial charge in [-0.1, -0.05) is 18.2 Å². The minimum absolute atomic E-state index is 0.143. The van der Waals surface area contributed by atoms with Gasteiger partial charge in [0.15, 0.2) is 0 Å². The maximum atomic E-state index is 12.0. The topological polar surface area (TPSA) is 128 Å². The molecule has 0 saturated carbocycles. The lowest BCUT2D eigenvalue weighted by molar-refractivity contribution is -0.385. The number of amides is 1. The first-order chi connectivity index (χ1) is 10.9. The second kappa shape index (κ2) is 6.60. The summed E-state index contributed by atoms with van der Waals surface area (Å²) in [5.74, 6) is -0.350. The molecule has 0 fully saturated rings. The van der Waals surface area contributed by atoms with E-state index in [0.29, 0.717) is 5.56 Å². The molecule has 9 heteroatoms. The number of anilines is 1. The Morgan fingerprint density at radius 1 is 1.17 bits per heavy atom. The van der Waals surface area contributed by atoms with Crippen molar-refractivity contribution in [1.29, 1.82) is 0 Å². The number of rotatable bonds is 5. The van der Waals surface area contributed by atoms with Gasteiger partial charge in [-0.25, -0.2) is 4.98 Å². The monoisotopic (exact) mass is 316 g/mol. The first-order valence-corrected chi connectivity index (χ1v) is 6.51. The summed E-state index contributed by atoms with van der Waals surface area (Å²) in [4.78, 5) is 36.3. The molecule has 0 bridgehead atoms. The zero-order valence-electron chi connectivity index (χ0n) is 12.1. The fraction of sp³-hybridized carbons (Fsp3) is 0.143. The van der Waals surface area contributed by atoms with E-state index in [1.807, 2.05) is 0 Å². The lowest BCUT2D eigenvalue weighted by atomic mass is 10.1. The van der Waals surface area contributed by atoms with Gasteiger partial charge in [0.2, 0.25) is 5.91 Å². The van der Waals surface area contributed by atoms with Crippen molar-refractivity contribution in [2.75, 3.05) is 5.32 Å². The van der Waals surface area contributed by atoms with Gasteiger partial charge in [-0.15, -0.1) is 0 Å². The van der Waals surface area contributed by atoms with Gasteiger partial charge < -0.3 is 5.32 Å². The molecule has 0 spiro atoms. The minimum Gasteiger partial charge on any atom is -0.310 e. The average Bonchev–Trinajstić information content (AvgIpc) is 2.47. The summed E-state index contributed by atoms with van der Waals surface area (Å²) < 4.78 is 0. The largest absolute Gasteiger partial charge is 0.310 e. The molecule has 0 saturated heterocycles. The number of aryl methyl sites for hydroxylation is 1. The summed E-state index contributed by atoms with van der Waals surface area (Å²) in [6.07, 6.45) is 0.852. The van der Waals surface area contributed by atoms with Gasteiger partial charge in [0.25, 0.3) is 11.4 Å². The van der Waals surface area contributed by atoms with E-state index in [9.17, 15) is 25.0 Å². The zero-order chi connectivity index (χ0) is 17.0. The molecule has 0 aliphatic heterocycles. The summed E-state index contributed by atoms with van der Waals surface area (Å²) in [6.45, 7) is 1.53. The molecular weight excluding hydrogens is 304 g/mol. The molecule has 1 N–H and O–H groups in total. The Labute approximate surface area is 130 Å². The van der Waals surface area contributed by atoms with Crippen molar-refractivity contribution >= 4 is 23.1 Å². The summed E-state index contributed by atoms with van der Waals surface area (Å²) >= 11 is 0. The summed E-state index contributed by atoms with van der Waals surface area (Å²) in [5.41, 5.74) is 0.330. The number of aromatic nitrogens is 1. The summed E-state index contributed by atoms with van der Waals surface area (Å²) in [6, 6.07) is 7.29. The molecule has 0 radical (unpaired) electrons. The van der Waals surface area contributed by atoms with Gasteiger partial charge in [0.1, 0.15) is 12.0 Å². The first-order valence-electron chi connectivity index (χ1n) is 6.51. The second-order valence-electron chi connectivity index (χ2n) is 4.72. The molecule has 1 amide bonds. The van der Waals surface area contributed by atoms with Crippen LogP contribution in [0.4, 0.5) is 17.2 Å². The summed E-state index contributed by atoms with van der Waals surface area (Å²) in [7, 11) is 0. The Bertz CT molecular complexity index is 790. The number of pyridine rings is 1. The lowest BCUT2D eigenvalue weighted by Gasteiger charge is -2.06. The van der Waals surface area contributed by atoms with Crippen LogP contribution in [0.2, 0.25) is 0 Å². The van der Waals surface area contributed by atoms with E-state index >= 15 is 0 Å². The molecule has 1 aromatic heterocycles. The van der Waals surface area contributed by atoms with Crippen molar-refractivity contribution in [3.63, 3.8) is 0 Å². The molecule has 0 aliphatic carbocycles. The third kappa shape index (κ3) is 3.84. The number of hydrogen-bond donors (Lipinski definition) is 1. The van der Waals surface area contributed by atoms with Crippen LogP contribution in [0.3, 0.4) is 0 Å². The van der Waals surface area contributed by atoms with Crippen molar-refractivity contribution in [2.24, 2.45) is 0 Å². The number of nitro benzene ring substituents is 1. The minimum atomic E-state index is -0.568. The third-order valence-corrected chi connectivity index (χ3v) is 3.09. The van der Waals surface area contributed by atoms with Gasteiger partial charge in [0, 0.05) is 17.2 Å². The first kappa shape index (κ1) is 16.0. The fourth-order valence-electron chi connectivity index (χ4n) is 2.01. The van der Waals surface area contributed by atoms with Crippen LogP contribution in [-0.4, -0.2) is 20.7 Å². The van der Waals surface area contributed by atoms with Crippen molar-refractivity contribution in [3.8, 4) is 0 Å². The van der Waals surface area contributed by atoms with E-state index in [2.05, 4.69) is 10.3 Å². The van der Waals surface area contributed by atoms with Gasteiger partial charge >= 0.3 is 0 Å². The van der Waals surface area contributed by atoms with Gasteiger partial charge in [-0.2, -0.15) is 0 Å². The molecular formula is C14H12N4O5. The lowest BCUT2D eigenvalue weighted by Crippen LogP contribution is -2.16. The van der Waals surface area contributed by atoms with Crippen LogP contribution >= 0.6 is 0 Å². The second-order valence-corrected chi connectivity index (χ2v) is 4.72. The summed E-state index contributed by atoms with van der Waals surface area (Å²) in [5, 5.41) is 24.1. The number of nitro groups is 2. The van der Waals surface area contributed by atoms with Crippen molar-refractivity contribution in [1.82, 2.24) is 4.98 Å². The molecule has 0 aliphatic rings. The predicted molar refractivity (Wildman–Crippen MR) is 81.1 cm³/mol. The van der Waals surface area contributed by atoms with Crippen LogP contribution in [-0.2, 0) is 11.2 Å². The van der Waals surface area contributed by atoms with E-state index in [4.69, 9.17) is 0 Å². The highest BCUT2D eigenvalue weighted by molar-refractivity contribution is 5.92. The predicted octanol–water partition coefficient (Wildman–Crippen LogP) is 2.39. The maximum absolute atomic E-state index is 12.0. The standard InChI is InChI=1S/C14H12N4O5/c1-9-6-13(15-8-12(9)18(22)23)16-14(19)7-10-4-2-3-5-11(10)17(20)21/h2-6,8H,7H2,1H3,(H,15,16,19). The number of nitrogens with zero attached hydrogens (tertiary/aromatic N) is 3. The Hall–Kier alpha value is -3.36. The normalized spacial score (nSPS) is 10.1. The van der Waals surface area contributed by atoms with Crippen LogP contribution < -0.4 is 5.32 Å². The zero-order valence-corrected chi connectivity index (χ0v) is 12.1. The molecule has 9 nitrogen and oxygen atoms in total. The van der Waals surface area contributed by atoms with E-state index < -0.39 is 15.8 Å². The SMILES string of the molecule is Cc1cc(NC(=O)Cc2ccccc2[N+](=O)[O-])ncc1[N+](=O)[O-]. The van der Waals surface area contributed by atoms with Gasteiger partial charge in [-0.3, -0.25) is 25.0 Å². The molecule has 0 unspecified atom stereocenters. The van der Waals surface area contributed by atoms with E-state index in [0.717, 1.165) is 6.20 Å². The van der Waals surface area contributed by atoms with Crippen LogP contribution in [0.1, 0.15) is 11.1 Å². The van der Waals surface area contributed by atoms with Gasteiger partial charge in [-0.05, 0) is 13.0 Å². The number of hydrogen-bond acceptors (Lipinski definition) is 6. The third-order valence-electron chi connectivity index (χ3n) is 3.09. The molecule has 0 atom stereocenters. The smallest absolute Gasteiger partial charge is 0.290 e. The Morgan fingerprint density at radius 3 is 2.43 bits per heavy atom. The van der Waals surface area contributed by atoms with E-state index in [-0.39, 0.29) is 29.2 Å². The van der Waals surface area contributed by atoms with Crippen molar-refractivity contribution in [2.45, 2.75) is 13.3 Å². The molecule has 1 aromatic carbocycles. The van der Waals surface area contributed by atoms with Crippen LogP contribution in [0.5, 0.6) is 0 Å².